The van der Waals surface area contributed by atoms with Gasteiger partial charge in [-0.2, -0.15) is 0 Å². The summed E-state index contributed by atoms with van der Waals surface area (Å²) in [5.74, 6) is -0.775. The Balaban J connectivity index is 3.50. The van der Waals surface area contributed by atoms with Gasteiger partial charge in [0.25, 0.3) is 0 Å². The van der Waals surface area contributed by atoms with Gasteiger partial charge in [-0.15, -0.1) is 0 Å². The van der Waals surface area contributed by atoms with Gasteiger partial charge in [0.1, 0.15) is 0 Å². The lowest BCUT2D eigenvalue weighted by molar-refractivity contribution is -0.136. The van der Waals surface area contributed by atoms with Crippen molar-refractivity contribution in [2.75, 3.05) is 0 Å². The first-order valence-electron chi connectivity index (χ1n) is 2.54. The van der Waals surface area contributed by atoms with Crippen LogP contribution in [0.5, 0.6) is 0 Å². The second kappa shape index (κ2) is 4.28. The van der Waals surface area contributed by atoms with Crippen LogP contribution in [0.2, 0.25) is 0 Å². The molecule has 0 saturated heterocycles. The lowest BCUT2D eigenvalue weighted by Gasteiger charge is -2.07. The summed E-state index contributed by atoms with van der Waals surface area (Å²) in [6, 6.07) is 0. The zero-order valence-electron chi connectivity index (χ0n) is 4.97. The lowest BCUT2D eigenvalue weighted by atomic mass is 10.2. The first-order chi connectivity index (χ1) is 4.04. The Labute approximate surface area is 70.9 Å². The molecule has 9 heavy (non-hydrogen) atoms. The molecule has 0 spiro atoms. The van der Waals surface area contributed by atoms with E-state index >= 15 is 0 Å². The molecule has 2 unspecified atom stereocenters. The first kappa shape index (κ1) is 9.43. The molecule has 2 nitrogen and oxygen atoms in total. The number of hydrogen-bond donors (Lipinski definition) is 1. The van der Waals surface area contributed by atoms with Crippen molar-refractivity contribution in [2.24, 2.45) is 0 Å². The molecule has 0 fully saturated rings. The molecule has 0 aromatic rings. The molecule has 1 N–H and O–H groups in total. The molecule has 0 radical (unpaired) electrons. The van der Waals surface area contributed by atoms with Gasteiger partial charge in [0.2, 0.25) is 0 Å². The first-order valence-corrected chi connectivity index (χ1v) is 4.37. The van der Waals surface area contributed by atoms with Gasteiger partial charge in [-0.05, 0) is 0 Å². The minimum atomic E-state index is -0.775. The van der Waals surface area contributed by atoms with Gasteiger partial charge in [0, 0.05) is 9.65 Å². The van der Waals surface area contributed by atoms with Gasteiger partial charge >= 0.3 is 5.97 Å². The largest absolute Gasteiger partial charge is 0.481 e. The van der Waals surface area contributed by atoms with Gasteiger partial charge in [0.05, 0.1) is 6.42 Å². The normalized spacial score (nSPS) is 16.8. The van der Waals surface area contributed by atoms with E-state index in [-0.39, 0.29) is 16.1 Å². The smallest absolute Gasteiger partial charge is 0.304 e. The molecule has 54 valence electrons. The molecule has 0 aromatic heterocycles. The van der Waals surface area contributed by atoms with Gasteiger partial charge in [0.15, 0.2) is 0 Å². The van der Waals surface area contributed by atoms with Crippen molar-refractivity contribution in [3.8, 4) is 0 Å². The second-order valence-electron chi connectivity index (χ2n) is 1.79. The zero-order valence-corrected chi connectivity index (χ0v) is 8.15. The standard InChI is InChI=1S/C5H8Br2O2/c1-3(6)4(7)2-5(8)9/h3-4H,2H2,1H3,(H,8,9). The molecule has 0 rings (SSSR count). The summed E-state index contributed by atoms with van der Waals surface area (Å²) in [5, 5.41) is 8.28. The molecule has 0 amide bonds. The van der Waals surface area contributed by atoms with Crippen molar-refractivity contribution in [2.45, 2.75) is 23.0 Å². The van der Waals surface area contributed by atoms with Crippen LogP contribution >= 0.6 is 31.9 Å². The fourth-order valence-electron chi connectivity index (χ4n) is 0.329. The summed E-state index contributed by atoms with van der Waals surface area (Å²) in [6.07, 6.45) is 0.159. The second-order valence-corrected chi connectivity index (χ2v) is 4.41. The number of halogens is 2. The molecule has 0 aliphatic rings. The van der Waals surface area contributed by atoms with Crippen molar-refractivity contribution < 1.29 is 9.90 Å². The van der Waals surface area contributed by atoms with Gasteiger partial charge < -0.3 is 5.11 Å². The van der Waals surface area contributed by atoms with Crippen LogP contribution < -0.4 is 0 Å². The molecule has 4 heteroatoms. The quantitative estimate of drug-likeness (QED) is 0.788. The monoisotopic (exact) mass is 258 g/mol. The van der Waals surface area contributed by atoms with Crippen molar-refractivity contribution in [1.29, 1.82) is 0 Å². The zero-order chi connectivity index (χ0) is 7.44. The molecule has 0 aliphatic heterocycles. The highest BCUT2D eigenvalue weighted by molar-refractivity contribution is 9.12. The van der Waals surface area contributed by atoms with Crippen molar-refractivity contribution >= 4 is 37.8 Å². The average molecular weight is 260 g/mol. The van der Waals surface area contributed by atoms with E-state index in [4.69, 9.17) is 5.11 Å². The minimum absolute atomic E-state index is 0.0231. The number of carbonyl (C=O) groups is 1. The SMILES string of the molecule is CC(Br)C(Br)CC(=O)O. The van der Waals surface area contributed by atoms with Gasteiger partial charge in [-0.3, -0.25) is 4.79 Å². The lowest BCUT2D eigenvalue weighted by Crippen LogP contribution is -2.14. The van der Waals surface area contributed by atoms with Crippen molar-refractivity contribution in [3.63, 3.8) is 0 Å². The van der Waals surface area contributed by atoms with E-state index in [1.54, 1.807) is 0 Å². The Bertz CT molecular complexity index is 103. The highest BCUT2D eigenvalue weighted by atomic mass is 79.9. The Kier molecular flexibility index (Phi) is 4.48. The summed E-state index contributed by atoms with van der Waals surface area (Å²) >= 11 is 6.47. The predicted octanol–water partition coefficient (Wildman–Crippen LogP) is 2.01. The van der Waals surface area contributed by atoms with Gasteiger partial charge in [-0.1, -0.05) is 38.8 Å². The Morgan fingerprint density at radius 1 is 1.67 bits per heavy atom. The molecule has 0 aliphatic carbocycles. The van der Waals surface area contributed by atoms with Crippen LogP contribution in [-0.2, 0) is 4.79 Å². The van der Waals surface area contributed by atoms with E-state index in [2.05, 4.69) is 31.9 Å². The predicted molar refractivity (Wildman–Crippen MR) is 43.4 cm³/mol. The average Bonchev–Trinajstić information content (AvgIpc) is 1.63. The molecule has 0 heterocycles. The van der Waals surface area contributed by atoms with E-state index in [1.807, 2.05) is 6.92 Å². The Hall–Kier alpha value is 0.430. The maximum absolute atomic E-state index is 10.1. The fraction of sp³-hybridized carbons (Fsp3) is 0.800. The number of rotatable bonds is 3. The highest BCUT2D eigenvalue weighted by Crippen LogP contribution is 2.16. The number of hydrogen-bond acceptors (Lipinski definition) is 1. The number of carboxylic acid groups (broad SMARTS) is 1. The number of carboxylic acids is 1. The summed E-state index contributed by atoms with van der Waals surface area (Å²) in [4.78, 5) is 10.3. The van der Waals surface area contributed by atoms with Crippen LogP contribution in [0.25, 0.3) is 0 Å². The number of aliphatic carboxylic acids is 1. The third kappa shape index (κ3) is 4.90. The fourth-order valence-corrected chi connectivity index (χ4v) is 0.793. The maximum Gasteiger partial charge on any atom is 0.304 e. The van der Waals surface area contributed by atoms with Gasteiger partial charge in [-0.25, -0.2) is 0 Å². The molecular weight excluding hydrogens is 252 g/mol. The molecule has 2 atom stereocenters. The molecule has 0 saturated carbocycles. The molecule has 0 aromatic carbocycles. The van der Waals surface area contributed by atoms with E-state index in [0.29, 0.717) is 0 Å². The third-order valence-electron chi connectivity index (χ3n) is 0.868. The summed E-state index contributed by atoms with van der Waals surface area (Å²) < 4.78 is 0. The Morgan fingerprint density at radius 2 is 2.11 bits per heavy atom. The topological polar surface area (TPSA) is 37.3 Å². The van der Waals surface area contributed by atoms with Crippen LogP contribution in [0.15, 0.2) is 0 Å². The maximum atomic E-state index is 10.1. The summed E-state index contributed by atoms with van der Waals surface area (Å²) in [7, 11) is 0. The van der Waals surface area contributed by atoms with E-state index in [1.165, 1.54) is 0 Å². The third-order valence-corrected chi connectivity index (χ3v) is 3.33. The van der Waals surface area contributed by atoms with Crippen molar-refractivity contribution in [3.05, 3.63) is 0 Å². The van der Waals surface area contributed by atoms with Crippen LogP contribution in [-0.4, -0.2) is 20.7 Å². The molecule has 0 bridgehead atoms. The van der Waals surface area contributed by atoms with Crippen LogP contribution in [0.4, 0.5) is 0 Å². The van der Waals surface area contributed by atoms with Crippen LogP contribution in [0.1, 0.15) is 13.3 Å². The number of alkyl halides is 2. The van der Waals surface area contributed by atoms with E-state index < -0.39 is 5.97 Å². The van der Waals surface area contributed by atoms with Crippen molar-refractivity contribution in [1.82, 2.24) is 0 Å². The van der Waals surface area contributed by atoms with Crippen LogP contribution in [0, 0.1) is 0 Å². The summed E-state index contributed by atoms with van der Waals surface area (Å²) in [6.45, 7) is 1.91. The van der Waals surface area contributed by atoms with Crippen LogP contribution in [0.3, 0.4) is 0 Å². The minimum Gasteiger partial charge on any atom is -0.481 e. The van der Waals surface area contributed by atoms with E-state index in [9.17, 15) is 4.79 Å². The molecular formula is C5H8Br2O2. The van der Waals surface area contributed by atoms with E-state index in [0.717, 1.165) is 0 Å². The summed E-state index contributed by atoms with van der Waals surface area (Å²) in [5.41, 5.74) is 0. The highest BCUT2D eigenvalue weighted by Gasteiger charge is 2.13. The Morgan fingerprint density at radius 3 is 2.22 bits per heavy atom.